The molecule has 1 heterocycles. The summed E-state index contributed by atoms with van der Waals surface area (Å²) in [7, 11) is 0. The molecule has 4 nitrogen and oxygen atoms in total. The summed E-state index contributed by atoms with van der Waals surface area (Å²) in [6.07, 6.45) is 0.514. The number of anilines is 1. The van der Waals surface area contributed by atoms with Crippen LogP contribution in [0.1, 0.15) is 37.3 Å². The molecule has 3 rings (SSSR count). The number of carbonyl (C=O) groups is 1. The standard InChI is InChI=1S/C21H21FN2O2/c1-13(2)14-3-9-19-16(11-14)12-15(21(26)24-19)4-10-20(25)23-18-7-5-17(22)6-8-18/h3,5-9,11-13H,4,10H2,1-2H3,(H,23,25)(H,24,26). The Hall–Kier alpha value is -2.95. The van der Waals surface area contributed by atoms with Crippen LogP contribution in [0.15, 0.2) is 53.3 Å². The van der Waals surface area contributed by atoms with Crippen LogP contribution in [0.5, 0.6) is 0 Å². The lowest BCUT2D eigenvalue weighted by atomic mass is 10.00. The molecule has 0 aliphatic rings. The van der Waals surface area contributed by atoms with E-state index >= 15 is 0 Å². The maximum Gasteiger partial charge on any atom is 0.251 e. The van der Waals surface area contributed by atoms with Gasteiger partial charge >= 0.3 is 0 Å². The minimum atomic E-state index is -0.355. The lowest BCUT2D eigenvalue weighted by Gasteiger charge is -2.09. The maximum atomic E-state index is 12.9. The van der Waals surface area contributed by atoms with E-state index < -0.39 is 0 Å². The van der Waals surface area contributed by atoms with Gasteiger partial charge in [0.05, 0.1) is 0 Å². The smallest absolute Gasteiger partial charge is 0.251 e. The molecular formula is C21H21FN2O2. The molecule has 0 bridgehead atoms. The van der Waals surface area contributed by atoms with Crippen molar-refractivity contribution in [2.24, 2.45) is 0 Å². The Morgan fingerprint density at radius 1 is 1.12 bits per heavy atom. The molecule has 0 unspecified atom stereocenters. The molecule has 0 fully saturated rings. The molecule has 134 valence electrons. The van der Waals surface area contributed by atoms with Crippen LogP contribution in [0, 0.1) is 5.82 Å². The van der Waals surface area contributed by atoms with Crippen molar-refractivity contribution >= 4 is 22.5 Å². The molecule has 0 aliphatic carbocycles. The molecular weight excluding hydrogens is 331 g/mol. The van der Waals surface area contributed by atoms with Gasteiger partial charge in [-0.3, -0.25) is 9.59 Å². The van der Waals surface area contributed by atoms with Crippen molar-refractivity contribution in [3.05, 3.63) is 75.8 Å². The van der Waals surface area contributed by atoms with Gasteiger partial charge in [0.2, 0.25) is 5.91 Å². The van der Waals surface area contributed by atoms with E-state index in [0.717, 1.165) is 10.9 Å². The second-order valence-corrected chi connectivity index (χ2v) is 6.68. The zero-order valence-electron chi connectivity index (χ0n) is 14.8. The van der Waals surface area contributed by atoms with E-state index in [2.05, 4.69) is 30.2 Å². The second kappa shape index (κ2) is 7.52. The first-order valence-corrected chi connectivity index (χ1v) is 8.63. The van der Waals surface area contributed by atoms with E-state index in [1.807, 2.05) is 18.2 Å². The highest BCUT2D eigenvalue weighted by Crippen LogP contribution is 2.20. The molecule has 0 aliphatic heterocycles. The number of aromatic amines is 1. The lowest BCUT2D eigenvalue weighted by Crippen LogP contribution is -2.17. The summed E-state index contributed by atoms with van der Waals surface area (Å²) in [5.41, 5.74) is 2.92. The Morgan fingerprint density at radius 3 is 2.54 bits per heavy atom. The Morgan fingerprint density at radius 2 is 1.85 bits per heavy atom. The molecule has 0 atom stereocenters. The second-order valence-electron chi connectivity index (χ2n) is 6.68. The third-order valence-corrected chi connectivity index (χ3v) is 4.36. The highest BCUT2D eigenvalue weighted by atomic mass is 19.1. The Bertz CT molecular complexity index is 991. The summed E-state index contributed by atoms with van der Waals surface area (Å²) in [6.45, 7) is 4.24. The van der Waals surface area contributed by atoms with Crippen LogP contribution >= 0.6 is 0 Å². The van der Waals surface area contributed by atoms with Crippen molar-refractivity contribution < 1.29 is 9.18 Å². The van der Waals surface area contributed by atoms with E-state index in [1.165, 1.54) is 29.8 Å². The number of carbonyl (C=O) groups excluding carboxylic acids is 1. The molecule has 1 amide bonds. The monoisotopic (exact) mass is 352 g/mol. The predicted molar refractivity (Wildman–Crippen MR) is 102 cm³/mol. The Labute approximate surface area is 151 Å². The molecule has 0 saturated heterocycles. The number of halogens is 1. The highest BCUT2D eigenvalue weighted by Gasteiger charge is 2.09. The summed E-state index contributed by atoms with van der Waals surface area (Å²) >= 11 is 0. The summed E-state index contributed by atoms with van der Waals surface area (Å²) < 4.78 is 12.9. The number of rotatable bonds is 5. The van der Waals surface area contributed by atoms with Crippen LogP contribution in [0.4, 0.5) is 10.1 Å². The number of amides is 1. The number of fused-ring (bicyclic) bond motifs is 1. The molecule has 26 heavy (non-hydrogen) atoms. The van der Waals surface area contributed by atoms with Gasteiger partial charge in [-0.25, -0.2) is 4.39 Å². The van der Waals surface area contributed by atoms with Gasteiger partial charge in [0, 0.05) is 23.2 Å². The number of hydrogen-bond donors (Lipinski definition) is 2. The molecule has 5 heteroatoms. The molecule has 1 aromatic heterocycles. The van der Waals surface area contributed by atoms with Crippen LogP contribution in [0.3, 0.4) is 0 Å². The van der Waals surface area contributed by atoms with Crippen molar-refractivity contribution in [1.29, 1.82) is 0 Å². The first kappa shape index (κ1) is 17.9. The van der Waals surface area contributed by atoms with Crippen LogP contribution in [-0.4, -0.2) is 10.9 Å². The minimum absolute atomic E-state index is 0.176. The third kappa shape index (κ3) is 4.17. The number of aryl methyl sites for hydroxylation is 1. The highest BCUT2D eigenvalue weighted by molar-refractivity contribution is 5.90. The largest absolute Gasteiger partial charge is 0.326 e. The average molecular weight is 352 g/mol. The van der Waals surface area contributed by atoms with E-state index in [1.54, 1.807) is 0 Å². The Balaban J connectivity index is 1.73. The number of aromatic nitrogens is 1. The van der Waals surface area contributed by atoms with Gasteiger partial charge in [-0.1, -0.05) is 19.9 Å². The fourth-order valence-electron chi connectivity index (χ4n) is 2.82. The van der Waals surface area contributed by atoms with Crippen LogP contribution in [0.2, 0.25) is 0 Å². The van der Waals surface area contributed by atoms with Gasteiger partial charge in [0.1, 0.15) is 5.82 Å². The van der Waals surface area contributed by atoms with Gasteiger partial charge < -0.3 is 10.3 Å². The quantitative estimate of drug-likeness (QED) is 0.716. The number of hydrogen-bond acceptors (Lipinski definition) is 2. The molecule has 3 aromatic rings. The van der Waals surface area contributed by atoms with Crippen molar-refractivity contribution in [2.45, 2.75) is 32.6 Å². The van der Waals surface area contributed by atoms with Gasteiger partial charge in [0.15, 0.2) is 0 Å². The molecule has 0 radical (unpaired) electrons. The van der Waals surface area contributed by atoms with E-state index in [-0.39, 0.29) is 23.7 Å². The van der Waals surface area contributed by atoms with Crippen LogP contribution in [0.25, 0.3) is 10.9 Å². The number of pyridine rings is 1. The summed E-state index contributed by atoms with van der Waals surface area (Å²) in [5, 5.41) is 3.66. The summed E-state index contributed by atoms with van der Waals surface area (Å²) in [4.78, 5) is 27.2. The Kier molecular flexibility index (Phi) is 5.16. The number of nitrogens with one attached hydrogen (secondary N) is 2. The average Bonchev–Trinajstić information content (AvgIpc) is 2.61. The van der Waals surface area contributed by atoms with Crippen LogP contribution in [-0.2, 0) is 11.2 Å². The molecule has 2 aromatic carbocycles. The van der Waals surface area contributed by atoms with E-state index in [4.69, 9.17) is 0 Å². The van der Waals surface area contributed by atoms with Crippen molar-refractivity contribution in [1.82, 2.24) is 4.98 Å². The maximum absolute atomic E-state index is 12.9. The van der Waals surface area contributed by atoms with Gasteiger partial charge in [-0.2, -0.15) is 0 Å². The molecule has 0 spiro atoms. The number of benzene rings is 2. The van der Waals surface area contributed by atoms with Crippen molar-refractivity contribution in [3.63, 3.8) is 0 Å². The van der Waals surface area contributed by atoms with Crippen LogP contribution < -0.4 is 10.9 Å². The first-order chi connectivity index (χ1) is 12.4. The number of H-pyrrole nitrogens is 1. The van der Waals surface area contributed by atoms with Gasteiger partial charge in [-0.05, 0) is 65.8 Å². The van der Waals surface area contributed by atoms with Crippen molar-refractivity contribution in [3.8, 4) is 0 Å². The zero-order chi connectivity index (χ0) is 18.7. The molecule has 2 N–H and O–H groups in total. The SMILES string of the molecule is CC(C)c1ccc2[nH]c(=O)c(CCC(=O)Nc3ccc(F)cc3)cc2c1. The topological polar surface area (TPSA) is 62.0 Å². The fraction of sp³-hybridized carbons (Fsp3) is 0.238. The first-order valence-electron chi connectivity index (χ1n) is 8.63. The van der Waals surface area contributed by atoms with E-state index in [9.17, 15) is 14.0 Å². The lowest BCUT2D eigenvalue weighted by molar-refractivity contribution is -0.116. The predicted octanol–water partition coefficient (Wildman–Crippen LogP) is 4.36. The third-order valence-electron chi connectivity index (χ3n) is 4.36. The molecule has 0 saturated carbocycles. The fourth-order valence-corrected chi connectivity index (χ4v) is 2.82. The van der Waals surface area contributed by atoms with Gasteiger partial charge in [-0.15, -0.1) is 0 Å². The van der Waals surface area contributed by atoms with E-state index in [0.29, 0.717) is 23.6 Å². The van der Waals surface area contributed by atoms with Crippen molar-refractivity contribution in [2.75, 3.05) is 5.32 Å². The minimum Gasteiger partial charge on any atom is -0.326 e. The summed E-state index contributed by atoms with van der Waals surface area (Å²) in [5.74, 6) is -0.172. The van der Waals surface area contributed by atoms with Gasteiger partial charge in [0.25, 0.3) is 5.56 Å². The summed E-state index contributed by atoms with van der Waals surface area (Å²) in [6, 6.07) is 13.4. The zero-order valence-corrected chi connectivity index (χ0v) is 14.8. The normalized spacial score (nSPS) is 11.1.